The van der Waals surface area contributed by atoms with Crippen LogP contribution in [0.4, 0.5) is 5.69 Å². The molecule has 190 valence electrons. The lowest BCUT2D eigenvalue weighted by Crippen LogP contribution is -2.42. The third kappa shape index (κ3) is 6.54. The van der Waals surface area contributed by atoms with E-state index in [1.54, 1.807) is 48.5 Å². The van der Waals surface area contributed by atoms with Gasteiger partial charge in [0.2, 0.25) is 11.8 Å². The van der Waals surface area contributed by atoms with Gasteiger partial charge in [0.1, 0.15) is 6.54 Å². The Bertz CT molecular complexity index is 1540. The number of benzene rings is 3. The molecule has 9 heteroatoms. The van der Waals surface area contributed by atoms with Crippen LogP contribution in [0.3, 0.4) is 0 Å². The standard InChI is InChI=1S/C28H27ClN4O4/c1-19-6-12-22(13-7-19)31-26(35)18-33-24-5-3-2-4-23(24)27(36)32(28(33)37)17-15-25(34)30-16-14-20-8-10-21(29)11-9-20/h2-13H,14-18H2,1H3,(H,30,34)(H,31,35). The lowest BCUT2D eigenvalue weighted by atomic mass is 10.1. The monoisotopic (exact) mass is 518 g/mol. The highest BCUT2D eigenvalue weighted by Gasteiger charge is 2.16. The number of carbonyl (C=O) groups is 2. The minimum absolute atomic E-state index is 0.0519. The van der Waals surface area contributed by atoms with E-state index in [0.717, 1.165) is 15.7 Å². The summed E-state index contributed by atoms with van der Waals surface area (Å²) < 4.78 is 2.28. The summed E-state index contributed by atoms with van der Waals surface area (Å²) in [6.07, 6.45) is 0.575. The number of rotatable bonds is 9. The molecule has 3 aromatic carbocycles. The van der Waals surface area contributed by atoms with E-state index >= 15 is 0 Å². The molecule has 4 rings (SSSR count). The molecule has 1 heterocycles. The van der Waals surface area contributed by atoms with Crippen molar-refractivity contribution in [3.8, 4) is 0 Å². The molecule has 0 fully saturated rings. The Balaban J connectivity index is 1.47. The third-order valence-electron chi connectivity index (χ3n) is 5.98. The number of halogens is 1. The van der Waals surface area contributed by atoms with Crippen LogP contribution in [0, 0.1) is 6.92 Å². The van der Waals surface area contributed by atoms with E-state index in [9.17, 15) is 19.2 Å². The van der Waals surface area contributed by atoms with Gasteiger partial charge in [0, 0.05) is 30.2 Å². The van der Waals surface area contributed by atoms with Gasteiger partial charge in [-0.3, -0.25) is 23.5 Å². The van der Waals surface area contributed by atoms with E-state index in [1.165, 1.54) is 4.57 Å². The predicted octanol–water partition coefficient (Wildman–Crippen LogP) is 3.51. The normalized spacial score (nSPS) is 10.9. The molecule has 0 bridgehead atoms. The van der Waals surface area contributed by atoms with Crippen LogP contribution in [0.1, 0.15) is 17.5 Å². The Kier molecular flexibility index (Phi) is 8.20. The van der Waals surface area contributed by atoms with Crippen molar-refractivity contribution in [2.24, 2.45) is 0 Å². The maximum atomic E-state index is 13.3. The molecule has 0 saturated carbocycles. The van der Waals surface area contributed by atoms with Crippen LogP contribution in [0.2, 0.25) is 5.02 Å². The third-order valence-corrected chi connectivity index (χ3v) is 6.23. The van der Waals surface area contributed by atoms with Gasteiger partial charge in [-0.1, -0.05) is 53.6 Å². The molecule has 2 amide bonds. The first kappa shape index (κ1) is 25.9. The van der Waals surface area contributed by atoms with E-state index in [0.29, 0.717) is 34.6 Å². The summed E-state index contributed by atoms with van der Waals surface area (Å²) in [6, 6.07) is 21.3. The average molecular weight is 519 g/mol. The Hall–Kier alpha value is -4.17. The average Bonchev–Trinajstić information content (AvgIpc) is 2.89. The molecule has 0 aliphatic rings. The summed E-state index contributed by atoms with van der Waals surface area (Å²) in [5.74, 6) is -0.682. The van der Waals surface area contributed by atoms with Gasteiger partial charge in [-0.2, -0.15) is 0 Å². The first-order valence-electron chi connectivity index (χ1n) is 11.9. The van der Waals surface area contributed by atoms with Crippen LogP contribution >= 0.6 is 11.6 Å². The van der Waals surface area contributed by atoms with E-state index in [1.807, 2.05) is 31.2 Å². The van der Waals surface area contributed by atoms with Crippen LogP contribution < -0.4 is 21.9 Å². The lowest BCUT2D eigenvalue weighted by Gasteiger charge is -2.14. The summed E-state index contributed by atoms with van der Waals surface area (Å²) >= 11 is 5.89. The molecule has 0 atom stereocenters. The van der Waals surface area contributed by atoms with Crippen LogP contribution in [-0.4, -0.2) is 27.5 Å². The fourth-order valence-corrected chi connectivity index (χ4v) is 4.13. The largest absolute Gasteiger partial charge is 0.356 e. The number of nitrogens with zero attached hydrogens (tertiary/aromatic N) is 2. The lowest BCUT2D eigenvalue weighted by molar-refractivity contribution is -0.121. The summed E-state index contributed by atoms with van der Waals surface area (Å²) in [6.45, 7) is 1.98. The molecule has 2 N–H and O–H groups in total. The number of hydrogen-bond donors (Lipinski definition) is 2. The summed E-state index contributed by atoms with van der Waals surface area (Å²) in [5.41, 5.74) is 1.92. The molecule has 0 aliphatic heterocycles. The van der Waals surface area contributed by atoms with Crippen molar-refractivity contribution in [3.05, 3.63) is 110 Å². The van der Waals surface area contributed by atoms with E-state index in [-0.39, 0.29) is 25.4 Å². The SMILES string of the molecule is Cc1ccc(NC(=O)Cn2c(=O)n(CCC(=O)NCCc3ccc(Cl)cc3)c(=O)c3ccccc32)cc1. The van der Waals surface area contributed by atoms with Crippen LogP contribution in [-0.2, 0) is 29.1 Å². The van der Waals surface area contributed by atoms with Gasteiger partial charge in [0.15, 0.2) is 0 Å². The molecule has 0 aliphatic carbocycles. The molecule has 4 aromatic rings. The molecule has 37 heavy (non-hydrogen) atoms. The highest BCUT2D eigenvalue weighted by molar-refractivity contribution is 6.30. The Morgan fingerprint density at radius 1 is 0.865 bits per heavy atom. The number of carbonyl (C=O) groups excluding carboxylic acids is 2. The zero-order chi connectivity index (χ0) is 26.4. The van der Waals surface area contributed by atoms with Crippen LogP contribution in [0.25, 0.3) is 10.9 Å². The van der Waals surface area contributed by atoms with Gasteiger partial charge >= 0.3 is 5.69 Å². The maximum Gasteiger partial charge on any atom is 0.331 e. The van der Waals surface area contributed by atoms with Crippen LogP contribution in [0.5, 0.6) is 0 Å². The molecular formula is C28H27ClN4O4. The van der Waals surface area contributed by atoms with Crippen molar-refractivity contribution in [3.63, 3.8) is 0 Å². The van der Waals surface area contributed by atoms with Crippen molar-refractivity contribution in [2.45, 2.75) is 32.9 Å². The zero-order valence-electron chi connectivity index (χ0n) is 20.4. The summed E-state index contributed by atoms with van der Waals surface area (Å²) in [5, 5.41) is 6.53. The van der Waals surface area contributed by atoms with E-state index in [2.05, 4.69) is 10.6 Å². The van der Waals surface area contributed by atoms with Crippen molar-refractivity contribution in [2.75, 3.05) is 11.9 Å². The number of fused-ring (bicyclic) bond motifs is 1. The zero-order valence-corrected chi connectivity index (χ0v) is 21.1. The summed E-state index contributed by atoms with van der Waals surface area (Å²) in [7, 11) is 0. The van der Waals surface area contributed by atoms with Crippen molar-refractivity contribution < 1.29 is 9.59 Å². The first-order valence-corrected chi connectivity index (χ1v) is 12.3. The number of anilines is 1. The Morgan fingerprint density at radius 3 is 2.30 bits per heavy atom. The minimum atomic E-state index is -0.642. The maximum absolute atomic E-state index is 13.3. The molecule has 0 radical (unpaired) electrons. The minimum Gasteiger partial charge on any atom is -0.356 e. The van der Waals surface area contributed by atoms with Crippen molar-refractivity contribution >= 4 is 40.0 Å². The second kappa shape index (κ2) is 11.7. The second-order valence-electron chi connectivity index (χ2n) is 8.73. The highest BCUT2D eigenvalue weighted by Crippen LogP contribution is 2.11. The van der Waals surface area contributed by atoms with Gasteiger partial charge in [0.05, 0.1) is 10.9 Å². The predicted molar refractivity (Wildman–Crippen MR) is 145 cm³/mol. The van der Waals surface area contributed by atoms with E-state index < -0.39 is 17.2 Å². The van der Waals surface area contributed by atoms with Gasteiger partial charge < -0.3 is 10.6 Å². The van der Waals surface area contributed by atoms with Gasteiger partial charge in [-0.25, -0.2) is 4.79 Å². The number of para-hydroxylation sites is 1. The molecule has 0 spiro atoms. The fourth-order valence-electron chi connectivity index (χ4n) is 4.00. The Labute approximate surface area is 218 Å². The Morgan fingerprint density at radius 2 is 1.57 bits per heavy atom. The fraction of sp³-hybridized carbons (Fsp3) is 0.214. The van der Waals surface area contributed by atoms with Gasteiger partial charge in [0.25, 0.3) is 5.56 Å². The smallest absolute Gasteiger partial charge is 0.331 e. The highest BCUT2D eigenvalue weighted by atomic mass is 35.5. The van der Waals surface area contributed by atoms with Gasteiger partial charge in [-0.15, -0.1) is 0 Å². The second-order valence-corrected chi connectivity index (χ2v) is 9.17. The number of aryl methyl sites for hydroxylation is 1. The molecule has 1 aromatic heterocycles. The topological polar surface area (TPSA) is 102 Å². The van der Waals surface area contributed by atoms with E-state index in [4.69, 9.17) is 11.6 Å². The molecule has 0 unspecified atom stereocenters. The number of hydrogen-bond acceptors (Lipinski definition) is 4. The van der Waals surface area contributed by atoms with Crippen molar-refractivity contribution in [1.82, 2.24) is 14.5 Å². The first-order chi connectivity index (χ1) is 17.8. The number of aromatic nitrogens is 2. The quantitative estimate of drug-likeness (QED) is 0.354. The number of nitrogens with one attached hydrogen (secondary N) is 2. The van der Waals surface area contributed by atoms with Gasteiger partial charge in [-0.05, 0) is 55.3 Å². The van der Waals surface area contributed by atoms with Crippen LogP contribution in [0.15, 0.2) is 82.4 Å². The molecule has 8 nitrogen and oxygen atoms in total. The van der Waals surface area contributed by atoms with Crippen molar-refractivity contribution in [1.29, 1.82) is 0 Å². The molecule has 0 saturated heterocycles. The molecular weight excluding hydrogens is 492 g/mol. The summed E-state index contributed by atoms with van der Waals surface area (Å²) in [4.78, 5) is 51.5. The number of amides is 2.